The maximum absolute atomic E-state index is 13.5. The molecule has 0 aliphatic carbocycles. The van der Waals surface area contributed by atoms with Crippen molar-refractivity contribution in [1.29, 1.82) is 0 Å². The molecule has 0 fully saturated rings. The van der Waals surface area contributed by atoms with Gasteiger partial charge >= 0.3 is 0 Å². The third-order valence-electron chi connectivity index (χ3n) is 2.81. The molecule has 2 N–H and O–H groups in total. The molecular formula is C15H13FN2O2. The second kappa shape index (κ2) is 5.97. The first-order valence-electron chi connectivity index (χ1n) is 5.97. The van der Waals surface area contributed by atoms with Crippen LogP contribution in [0.15, 0.2) is 53.7 Å². The number of carbonyl (C=O) groups is 1. The molecule has 0 spiro atoms. The molecule has 0 aromatic heterocycles. The molecule has 20 heavy (non-hydrogen) atoms. The van der Waals surface area contributed by atoms with E-state index in [1.165, 1.54) is 18.2 Å². The van der Waals surface area contributed by atoms with Crippen molar-refractivity contribution in [1.82, 2.24) is 0 Å². The molecule has 0 saturated heterocycles. The number of nitrogens with one attached hydrogen (secondary N) is 1. The molecule has 0 radical (unpaired) electrons. The van der Waals surface area contributed by atoms with Crippen LogP contribution >= 0.6 is 0 Å². The number of benzene rings is 2. The highest BCUT2D eigenvalue weighted by molar-refractivity contribution is 6.05. The van der Waals surface area contributed by atoms with Crippen LogP contribution in [0.1, 0.15) is 22.8 Å². The van der Waals surface area contributed by atoms with Gasteiger partial charge in [0.15, 0.2) is 0 Å². The van der Waals surface area contributed by atoms with Gasteiger partial charge in [0.2, 0.25) is 0 Å². The summed E-state index contributed by atoms with van der Waals surface area (Å²) in [7, 11) is 0. The van der Waals surface area contributed by atoms with Crippen molar-refractivity contribution >= 4 is 17.3 Å². The Balaban J connectivity index is 2.23. The molecule has 0 bridgehead atoms. The van der Waals surface area contributed by atoms with Crippen molar-refractivity contribution in [3.63, 3.8) is 0 Å². The van der Waals surface area contributed by atoms with E-state index in [1.807, 2.05) is 0 Å². The molecule has 2 aromatic rings. The Hall–Kier alpha value is -2.69. The van der Waals surface area contributed by atoms with Crippen LogP contribution in [0.25, 0.3) is 0 Å². The van der Waals surface area contributed by atoms with Gasteiger partial charge in [-0.25, -0.2) is 4.39 Å². The van der Waals surface area contributed by atoms with E-state index in [0.29, 0.717) is 17.0 Å². The van der Waals surface area contributed by atoms with Crippen molar-refractivity contribution in [3.05, 3.63) is 65.5 Å². The summed E-state index contributed by atoms with van der Waals surface area (Å²) in [5.74, 6) is -1.10. The van der Waals surface area contributed by atoms with E-state index in [2.05, 4.69) is 10.5 Å². The van der Waals surface area contributed by atoms with Gasteiger partial charge in [-0.1, -0.05) is 29.4 Å². The smallest absolute Gasteiger partial charge is 0.258 e. The van der Waals surface area contributed by atoms with E-state index in [-0.39, 0.29) is 5.56 Å². The highest BCUT2D eigenvalue weighted by Crippen LogP contribution is 2.14. The average Bonchev–Trinajstić information content (AvgIpc) is 2.47. The Morgan fingerprint density at radius 3 is 2.65 bits per heavy atom. The monoisotopic (exact) mass is 272 g/mol. The third kappa shape index (κ3) is 3.00. The first kappa shape index (κ1) is 13.7. The highest BCUT2D eigenvalue weighted by atomic mass is 19.1. The number of carbonyl (C=O) groups excluding carboxylic acids is 1. The zero-order chi connectivity index (χ0) is 14.5. The zero-order valence-electron chi connectivity index (χ0n) is 10.8. The number of anilines is 1. The quantitative estimate of drug-likeness (QED) is 0.511. The standard InChI is InChI=1S/C15H13FN2O2/c1-10(18-20)11-5-4-6-12(9-11)17-15(19)13-7-2-3-8-14(13)16/h2-9,20H,1H3,(H,17,19)/b18-10+. The molecule has 102 valence electrons. The molecule has 2 aromatic carbocycles. The van der Waals surface area contributed by atoms with Crippen molar-refractivity contribution in [2.24, 2.45) is 5.16 Å². The topological polar surface area (TPSA) is 61.7 Å². The predicted molar refractivity (Wildman–Crippen MR) is 74.8 cm³/mol. The van der Waals surface area contributed by atoms with Crippen molar-refractivity contribution < 1.29 is 14.4 Å². The first-order valence-corrected chi connectivity index (χ1v) is 5.97. The van der Waals surface area contributed by atoms with Gasteiger partial charge in [-0.05, 0) is 31.2 Å². The fourth-order valence-corrected chi connectivity index (χ4v) is 1.72. The van der Waals surface area contributed by atoms with Crippen molar-refractivity contribution in [2.45, 2.75) is 6.92 Å². The summed E-state index contributed by atoms with van der Waals surface area (Å²) in [6.07, 6.45) is 0. The third-order valence-corrected chi connectivity index (χ3v) is 2.81. The van der Waals surface area contributed by atoms with Crippen LogP contribution in [-0.2, 0) is 0 Å². The van der Waals surface area contributed by atoms with Gasteiger partial charge in [0.25, 0.3) is 5.91 Å². The summed E-state index contributed by atoms with van der Waals surface area (Å²) in [4.78, 5) is 12.0. The fourth-order valence-electron chi connectivity index (χ4n) is 1.72. The Morgan fingerprint density at radius 2 is 1.95 bits per heavy atom. The molecule has 0 heterocycles. The second-order valence-electron chi connectivity index (χ2n) is 4.20. The number of halogens is 1. The van der Waals surface area contributed by atoms with Crippen LogP contribution in [0.3, 0.4) is 0 Å². The summed E-state index contributed by atoms with van der Waals surface area (Å²) < 4.78 is 13.5. The zero-order valence-corrected chi connectivity index (χ0v) is 10.8. The summed E-state index contributed by atoms with van der Waals surface area (Å²) in [5.41, 5.74) is 1.56. The van der Waals surface area contributed by atoms with Crippen LogP contribution in [-0.4, -0.2) is 16.8 Å². The molecule has 1 amide bonds. The van der Waals surface area contributed by atoms with Crippen LogP contribution in [0.2, 0.25) is 0 Å². The molecule has 0 atom stereocenters. The summed E-state index contributed by atoms with van der Waals surface area (Å²) in [5, 5.41) is 14.4. The Kier molecular flexibility index (Phi) is 4.10. The molecule has 4 nitrogen and oxygen atoms in total. The predicted octanol–water partition coefficient (Wildman–Crippen LogP) is 3.28. The number of rotatable bonds is 3. The SMILES string of the molecule is C/C(=N\O)c1cccc(NC(=O)c2ccccc2F)c1. The van der Waals surface area contributed by atoms with Crippen LogP contribution in [0.5, 0.6) is 0 Å². The summed E-state index contributed by atoms with van der Waals surface area (Å²) in [6.45, 7) is 1.64. The molecule has 0 unspecified atom stereocenters. The first-order chi connectivity index (χ1) is 9.61. The molecular weight excluding hydrogens is 259 g/mol. The van der Waals surface area contributed by atoms with E-state index in [9.17, 15) is 9.18 Å². The number of nitrogens with zero attached hydrogens (tertiary/aromatic N) is 1. The molecule has 0 saturated carbocycles. The van der Waals surface area contributed by atoms with Gasteiger partial charge in [-0.15, -0.1) is 0 Å². The van der Waals surface area contributed by atoms with Crippen LogP contribution in [0.4, 0.5) is 10.1 Å². The number of oxime groups is 1. The Labute approximate surface area is 115 Å². The van der Waals surface area contributed by atoms with Gasteiger partial charge < -0.3 is 10.5 Å². The van der Waals surface area contributed by atoms with Gasteiger partial charge in [0.1, 0.15) is 5.82 Å². The Morgan fingerprint density at radius 1 is 1.20 bits per heavy atom. The van der Waals surface area contributed by atoms with Crippen LogP contribution < -0.4 is 5.32 Å². The van der Waals surface area contributed by atoms with E-state index in [0.717, 1.165) is 0 Å². The summed E-state index contributed by atoms with van der Waals surface area (Å²) in [6, 6.07) is 12.5. The summed E-state index contributed by atoms with van der Waals surface area (Å²) >= 11 is 0. The number of hydrogen-bond donors (Lipinski definition) is 2. The molecule has 0 aliphatic rings. The number of hydrogen-bond acceptors (Lipinski definition) is 3. The fraction of sp³-hybridized carbons (Fsp3) is 0.0667. The highest BCUT2D eigenvalue weighted by Gasteiger charge is 2.11. The van der Waals surface area contributed by atoms with Gasteiger partial charge in [-0.2, -0.15) is 0 Å². The van der Waals surface area contributed by atoms with E-state index in [1.54, 1.807) is 37.3 Å². The number of amides is 1. The minimum atomic E-state index is -0.575. The van der Waals surface area contributed by atoms with Crippen LogP contribution in [0, 0.1) is 5.82 Å². The largest absolute Gasteiger partial charge is 0.411 e. The van der Waals surface area contributed by atoms with Gasteiger partial charge in [0.05, 0.1) is 11.3 Å². The van der Waals surface area contributed by atoms with Crippen molar-refractivity contribution in [3.8, 4) is 0 Å². The van der Waals surface area contributed by atoms with Gasteiger partial charge in [-0.3, -0.25) is 4.79 Å². The van der Waals surface area contributed by atoms with Gasteiger partial charge in [0, 0.05) is 11.3 Å². The maximum atomic E-state index is 13.5. The molecule has 5 heteroatoms. The van der Waals surface area contributed by atoms with E-state index < -0.39 is 11.7 Å². The molecule has 2 rings (SSSR count). The lowest BCUT2D eigenvalue weighted by Crippen LogP contribution is -2.14. The lowest BCUT2D eigenvalue weighted by molar-refractivity contribution is 0.102. The van der Waals surface area contributed by atoms with Crippen molar-refractivity contribution in [2.75, 3.05) is 5.32 Å². The minimum absolute atomic E-state index is 0.0227. The lowest BCUT2D eigenvalue weighted by Gasteiger charge is -2.07. The normalized spacial score (nSPS) is 11.2. The lowest BCUT2D eigenvalue weighted by atomic mass is 10.1. The minimum Gasteiger partial charge on any atom is -0.411 e. The average molecular weight is 272 g/mol. The molecule has 0 aliphatic heterocycles. The second-order valence-corrected chi connectivity index (χ2v) is 4.20. The Bertz CT molecular complexity index is 668. The van der Waals surface area contributed by atoms with E-state index in [4.69, 9.17) is 5.21 Å². The van der Waals surface area contributed by atoms with E-state index >= 15 is 0 Å². The maximum Gasteiger partial charge on any atom is 0.258 e.